The van der Waals surface area contributed by atoms with Gasteiger partial charge in [0.25, 0.3) is 0 Å². The number of hydrogen-bond acceptors (Lipinski definition) is 4. The molecular weight excluding hydrogens is 358 g/mol. The van der Waals surface area contributed by atoms with Crippen LogP contribution in [-0.2, 0) is 14.3 Å². The number of esters is 1. The van der Waals surface area contributed by atoms with Crippen LogP contribution in [0.25, 0.3) is 0 Å². The van der Waals surface area contributed by atoms with Crippen LogP contribution >= 0.6 is 23.4 Å². The molecule has 2 rings (SSSR count). The minimum atomic E-state index is -0.404. The topological polar surface area (TPSA) is 55.4 Å². The highest BCUT2D eigenvalue weighted by atomic mass is 35.5. The maximum atomic E-state index is 12.3. The first-order valence-corrected chi connectivity index (χ1v) is 9.33. The number of hydrogen-bond donors (Lipinski definition) is 1. The van der Waals surface area contributed by atoms with Crippen LogP contribution in [0.2, 0.25) is 5.02 Å². The molecule has 0 fully saturated rings. The molecule has 0 aliphatic heterocycles. The van der Waals surface area contributed by atoms with Crippen molar-refractivity contribution in [3.63, 3.8) is 0 Å². The van der Waals surface area contributed by atoms with Crippen molar-refractivity contribution in [1.82, 2.24) is 5.32 Å². The Bertz CT molecular complexity index is 692. The molecule has 2 aromatic rings. The van der Waals surface area contributed by atoms with Crippen LogP contribution in [-0.4, -0.2) is 24.2 Å². The Labute approximate surface area is 156 Å². The number of carbonyl (C=O) groups is 2. The van der Waals surface area contributed by atoms with E-state index in [1.54, 1.807) is 19.1 Å². The number of halogens is 1. The molecule has 2 aromatic carbocycles. The number of nitrogens with one attached hydrogen (secondary N) is 1. The minimum Gasteiger partial charge on any atom is -0.466 e. The lowest BCUT2D eigenvalue weighted by Crippen LogP contribution is -2.31. The highest BCUT2D eigenvalue weighted by molar-refractivity contribution is 8.00. The van der Waals surface area contributed by atoms with Gasteiger partial charge in [-0.1, -0.05) is 41.9 Å². The standard InChI is InChI=1S/C19H20ClNO3S/c1-2-24-19(23)12-17(14-6-4-3-5-7-14)21-18(22)13-25-16-10-8-15(20)9-11-16/h3-11,17H,2,12-13H2,1H3,(H,21,22). The third-order valence-electron chi connectivity index (χ3n) is 3.40. The summed E-state index contributed by atoms with van der Waals surface area (Å²) in [6.07, 6.45) is 0.106. The van der Waals surface area contributed by atoms with Crippen molar-refractivity contribution in [2.24, 2.45) is 0 Å². The van der Waals surface area contributed by atoms with E-state index in [-0.39, 0.29) is 24.1 Å². The number of carbonyl (C=O) groups excluding carboxylic acids is 2. The zero-order valence-corrected chi connectivity index (χ0v) is 15.5. The van der Waals surface area contributed by atoms with Gasteiger partial charge < -0.3 is 10.1 Å². The molecule has 1 amide bonds. The maximum Gasteiger partial charge on any atom is 0.308 e. The molecule has 0 aliphatic rings. The van der Waals surface area contributed by atoms with Crippen LogP contribution < -0.4 is 5.32 Å². The summed E-state index contributed by atoms with van der Waals surface area (Å²) < 4.78 is 5.01. The van der Waals surface area contributed by atoms with E-state index >= 15 is 0 Å². The minimum absolute atomic E-state index is 0.106. The summed E-state index contributed by atoms with van der Waals surface area (Å²) in [6.45, 7) is 2.08. The van der Waals surface area contributed by atoms with Crippen molar-refractivity contribution in [3.05, 3.63) is 65.2 Å². The summed E-state index contributed by atoms with van der Waals surface area (Å²) in [5.41, 5.74) is 0.875. The molecular formula is C19H20ClNO3S. The number of benzene rings is 2. The Kier molecular flexibility index (Phi) is 7.82. The lowest BCUT2D eigenvalue weighted by Gasteiger charge is -2.18. The smallest absolute Gasteiger partial charge is 0.308 e. The third kappa shape index (κ3) is 6.80. The molecule has 0 radical (unpaired) electrons. The lowest BCUT2D eigenvalue weighted by atomic mass is 10.0. The Balaban J connectivity index is 1.96. The summed E-state index contributed by atoms with van der Waals surface area (Å²) in [5.74, 6) is -0.214. The van der Waals surface area contributed by atoms with Gasteiger partial charge in [0, 0.05) is 9.92 Å². The molecule has 4 nitrogen and oxygen atoms in total. The first-order valence-electron chi connectivity index (χ1n) is 7.96. The molecule has 1 N–H and O–H groups in total. The van der Waals surface area contributed by atoms with Gasteiger partial charge in [-0.2, -0.15) is 0 Å². The first kappa shape index (κ1) is 19.3. The molecule has 25 heavy (non-hydrogen) atoms. The van der Waals surface area contributed by atoms with Crippen molar-refractivity contribution in [3.8, 4) is 0 Å². The van der Waals surface area contributed by atoms with E-state index in [4.69, 9.17) is 16.3 Å². The molecule has 0 aromatic heterocycles. The van der Waals surface area contributed by atoms with E-state index in [1.165, 1.54) is 11.8 Å². The second-order valence-corrected chi connectivity index (χ2v) is 6.77. The molecule has 0 saturated carbocycles. The van der Waals surface area contributed by atoms with Crippen molar-refractivity contribution < 1.29 is 14.3 Å². The second-order valence-electron chi connectivity index (χ2n) is 5.28. The SMILES string of the molecule is CCOC(=O)CC(NC(=O)CSc1ccc(Cl)cc1)c1ccccc1. The fourth-order valence-corrected chi connectivity index (χ4v) is 3.08. The Hall–Kier alpha value is -1.98. The number of amides is 1. The third-order valence-corrected chi connectivity index (χ3v) is 4.66. The van der Waals surface area contributed by atoms with E-state index in [0.717, 1.165) is 10.5 Å². The Morgan fingerprint density at radius 3 is 2.44 bits per heavy atom. The molecule has 0 bridgehead atoms. The van der Waals surface area contributed by atoms with E-state index in [2.05, 4.69) is 5.32 Å². The highest BCUT2D eigenvalue weighted by Gasteiger charge is 2.19. The molecule has 0 aliphatic carbocycles. The molecule has 0 spiro atoms. The quantitative estimate of drug-likeness (QED) is 0.552. The van der Waals surface area contributed by atoms with Gasteiger partial charge in [-0.3, -0.25) is 9.59 Å². The van der Waals surface area contributed by atoms with E-state index in [0.29, 0.717) is 11.6 Å². The molecule has 1 atom stereocenters. The predicted molar refractivity (Wildman–Crippen MR) is 101 cm³/mol. The predicted octanol–water partition coefficient (Wildman–Crippen LogP) is 4.24. The summed E-state index contributed by atoms with van der Waals surface area (Å²) >= 11 is 7.27. The second kappa shape index (κ2) is 10.1. The van der Waals surface area contributed by atoms with Gasteiger partial charge in [0.05, 0.1) is 24.8 Å². The molecule has 0 heterocycles. The van der Waals surface area contributed by atoms with Crippen molar-refractivity contribution in [2.75, 3.05) is 12.4 Å². The number of ether oxygens (including phenoxy) is 1. The molecule has 1 unspecified atom stereocenters. The lowest BCUT2D eigenvalue weighted by molar-refractivity contribution is -0.143. The van der Waals surface area contributed by atoms with Gasteiger partial charge in [0.2, 0.25) is 5.91 Å². The van der Waals surface area contributed by atoms with Gasteiger partial charge in [0.1, 0.15) is 0 Å². The maximum absolute atomic E-state index is 12.3. The van der Waals surface area contributed by atoms with Crippen molar-refractivity contribution in [2.45, 2.75) is 24.3 Å². The van der Waals surface area contributed by atoms with Crippen LogP contribution in [0, 0.1) is 0 Å². The summed E-state index contributed by atoms with van der Waals surface area (Å²) in [4.78, 5) is 25.1. The van der Waals surface area contributed by atoms with E-state index in [1.807, 2.05) is 42.5 Å². The van der Waals surface area contributed by atoms with Crippen LogP contribution in [0.4, 0.5) is 0 Å². The zero-order chi connectivity index (χ0) is 18.1. The Morgan fingerprint density at radius 1 is 1.12 bits per heavy atom. The van der Waals surface area contributed by atoms with Gasteiger partial charge in [-0.15, -0.1) is 11.8 Å². The molecule has 132 valence electrons. The zero-order valence-electron chi connectivity index (χ0n) is 13.9. The normalized spacial score (nSPS) is 11.6. The number of rotatable bonds is 8. The average molecular weight is 378 g/mol. The molecule has 0 saturated heterocycles. The largest absolute Gasteiger partial charge is 0.466 e. The average Bonchev–Trinajstić information content (AvgIpc) is 2.62. The van der Waals surface area contributed by atoms with Crippen LogP contribution in [0.3, 0.4) is 0 Å². The first-order chi connectivity index (χ1) is 12.1. The van der Waals surface area contributed by atoms with Crippen LogP contribution in [0.15, 0.2) is 59.5 Å². The highest BCUT2D eigenvalue weighted by Crippen LogP contribution is 2.21. The number of thioether (sulfide) groups is 1. The van der Waals surface area contributed by atoms with E-state index < -0.39 is 6.04 Å². The fourth-order valence-electron chi connectivity index (χ4n) is 2.24. The van der Waals surface area contributed by atoms with Gasteiger partial charge in [0.15, 0.2) is 0 Å². The van der Waals surface area contributed by atoms with Crippen LogP contribution in [0.1, 0.15) is 24.9 Å². The molecule has 6 heteroatoms. The summed E-state index contributed by atoms with van der Waals surface area (Å²) in [5, 5.41) is 3.58. The monoisotopic (exact) mass is 377 g/mol. The van der Waals surface area contributed by atoms with Crippen molar-refractivity contribution in [1.29, 1.82) is 0 Å². The van der Waals surface area contributed by atoms with Crippen molar-refractivity contribution >= 4 is 35.2 Å². The van der Waals surface area contributed by atoms with Gasteiger partial charge in [-0.25, -0.2) is 0 Å². The van der Waals surface area contributed by atoms with Gasteiger partial charge >= 0.3 is 5.97 Å². The summed E-state index contributed by atoms with van der Waals surface area (Å²) in [6, 6.07) is 16.3. The van der Waals surface area contributed by atoms with Gasteiger partial charge in [-0.05, 0) is 36.8 Å². The fraction of sp³-hybridized carbons (Fsp3) is 0.263. The van der Waals surface area contributed by atoms with Crippen LogP contribution in [0.5, 0.6) is 0 Å². The van der Waals surface area contributed by atoms with E-state index in [9.17, 15) is 9.59 Å². The Morgan fingerprint density at radius 2 is 1.80 bits per heavy atom. The summed E-state index contributed by atoms with van der Waals surface area (Å²) in [7, 11) is 0.